The molecule has 0 amide bonds. The minimum Gasteiger partial charge on any atom is -0.338 e. The van der Waals surface area contributed by atoms with Gasteiger partial charge in [-0.2, -0.15) is 4.98 Å². The summed E-state index contributed by atoms with van der Waals surface area (Å²) in [4.78, 5) is 6.78. The first kappa shape index (κ1) is 13.5. The highest BCUT2D eigenvalue weighted by atomic mass is 35.5. The first-order chi connectivity index (χ1) is 9.81. The number of nitrogens with one attached hydrogen (secondary N) is 1. The number of hydrogen-bond acceptors (Lipinski definition) is 5. The molecule has 1 aromatic heterocycles. The van der Waals surface area contributed by atoms with E-state index in [2.05, 4.69) is 20.4 Å². The molecular formula is C14H17ClN4O. The van der Waals surface area contributed by atoms with Crippen molar-refractivity contribution in [3.63, 3.8) is 0 Å². The molecule has 1 fully saturated rings. The van der Waals surface area contributed by atoms with Gasteiger partial charge in [0.15, 0.2) is 0 Å². The highest BCUT2D eigenvalue weighted by Crippen LogP contribution is 2.20. The number of hydrogen-bond donors (Lipinski definition) is 1. The smallest absolute Gasteiger partial charge is 0.241 e. The summed E-state index contributed by atoms with van der Waals surface area (Å²) >= 11 is 5.97. The van der Waals surface area contributed by atoms with Crippen LogP contribution in [-0.4, -0.2) is 41.2 Å². The zero-order chi connectivity index (χ0) is 13.8. The first-order valence-corrected chi connectivity index (χ1v) is 7.21. The monoisotopic (exact) mass is 292 g/mol. The quantitative estimate of drug-likeness (QED) is 0.940. The van der Waals surface area contributed by atoms with Gasteiger partial charge in [0.05, 0.1) is 6.54 Å². The lowest BCUT2D eigenvalue weighted by Crippen LogP contribution is -2.27. The number of rotatable bonds is 3. The van der Waals surface area contributed by atoms with E-state index in [1.807, 2.05) is 24.3 Å². The Hall–Kier alpha value is -1.43. The van der Waals surface area contributed by atoms with E-state index in [1.54, 1.807) is 0 Å². The molecule has 5 nitrogen and oxygen atoms in total. The first-order valence-electron chi connectivity index (χ1n) is 6.83. The van der Waals surface area contributed by atoms with Gasteiger partial charge in [-0.3, -0.25) is 4.90 Å². The van der Waals surface area contributed by atoms with E-state index in [-0.39, 0.29) is 0 Å². The Morgan fingerprint density at radius 2 is 2.25 bits per heavy atom. The fraction of sp³-hybridized carbons (Fsp3) is 0.429. The summed E-state index contributed by atoms with van der Waals surface area (Å²) in [5.41, 5.74) is 0.880. The third-order valence-corrected chi connectivity index (χ3v) is 3.58. The maximum Gasteiger partial charge on any atom is 0.241 e. The molecule has 0 aliphatic carbocycles. The van der Waals surface area contributed by atoms with Crippen LogP contribution in [0.15, 0.2) is 28.8 Å². The number of halogens is 1. The Morgan fingerprint density at radius 1 is 1.30 bits per heavy atom. The maximum absolute atomic E-state index is 5.97. The maximum atomic E-state index is 5.97. The van der Waals surface area contributed by atoms with Gasteiger partial charge < -0.3 is 9.84 Å². The van der Waals surface area contributed by atoms with Crippen LogP contribution in [0.1, 0.15) is 12.3 Å². The van der Waals surface area contributed by atoms with Gasteiger partial charge in [-0.1, -0.05) is 28.9 Å². The van der Waals surface area contributed by atoms with Crippen LogP contribution in [0.5, 0.6) is 0 Å². The average molecular weight is 293 g/mol. The third kappa shape index (κ3) is 3.36. The molecule has 3 rings (SSSR count). The minimum atomic E-state index is 0.593. The minimum absolute atomic E-state index is 0.593. The van der Waals surface area contributed by atoms with Crippen molar-refractivity contribution in [3.8, 4) is 11.4 Å². The lowest BCUT2D eigenvalue weighted by Gasteiger charge is -2.16. The Balaban J connectivity index is 1.70. The van der Waals surface area contributed by atoms with E-state index >= 15 is 0 Å². The fourth-order valence-corrected chi connectivity index (χ4v) is 2.51. The summed E-state index contributed by atoms with van der Waals surface area (Å²) in [6.45, 7) is 4.86. The largest absolute Gasteiger partial charge is 0.338 e. The second kappa shape index (κ2) is 6.35. The molecule has 0 atom stereocenters. The molecular weight excluding hydrogens is 276 g/mol. The molecule has 2 heterocycles. The zero-order valence-corrected chi connectivity index (χ0v) is 11.9. The van der Waals surface area contributed by atoms with Crippen molar-refractivity contribution < 1.29 is 4.52 Å². The van der Waals surface area contributed by atoms with Gasteiger partial charge in [-0.25, -0.2) is 0 Å². The van der Waals surface area contributed by atoms with Crippen LogP contribution < -0.4 is 5.32 Å². The fourth-order valence-electron chi connectivity index (χ4n) is 2.31. The predicted octanol–water partition coefficient (Wildman–Crippen LogP) is 2.19. The Kier molecular flexibility index (Phi) is 4.30. The summed E-state index contributed by atoms with van der Waals surface area (Å²) in [6, 6.07) is 7.48. The summed E-state index contributed by atoms with van der Waals surface area (Å²) in [7, 11) is 0. The van der Waals surface area contributed by atoms with E-state index in [9.17, 15) is 0 Å². The summed E-state index contributed by atoms with van der Waals surface area (Å²) in [5.74, 6) is 1.25. The van der Waals surface area contributed by atoms with Gasteiger partial charge in [0.1, 0.15) is 0 Å². The van der Waals surface area contributed by atoms with Gasteiger partial charge in [-0.15, -0.1) is 0 Å². The molecule has 0 bridgehead atoms. The average Bonchev–Trinajstić information content (AvgIpc) is 2.75. The number of nitrogens with zero attached hydrogens (tertiary/aromatic N) is 3. The van der Waals surface area contributed by atoms with Crippen LogP contribution >= 0.6 is 11.6 Å². The molecule has 1 aliphatic heterocycles. The molecule has 106 valence electrons. The van der Waals surface area contributed by atoms with Gasteiger partial charge in [-0.05, 0) is 31.6 Å². The van der Waals surface area contributed by atoms with Crippen molar-refractivity contribution in [1.29, 1.82) is 0 Å². The van der Waals surface area contributed by atoms with Crippen molar-refractivity contribution in [3.05, 3.63) is 35.2 Å². The van der Waals surface area contributed by atoms with Crippen LogP contribution in [0.4, 0.5) is 0 Å². The van der Waals surface area contributed by atoms with E-state index in [0.717, 1.165) is 38.2 Å². The zero-order valence-electron chi connectivity index (χ0n) is 11.2. The second-order valence-corrected chi connectivity index (χ2v) is 5.34. The lowest BCUT2D eigenvalue weighted by atomic mass is 10.2. The van der Waals surface area contributed by atoms with Crippen LogP contribution in [-0.2, 0) is 6.54 Å². The highest BCUT2D eigenvalue weighted by molar-refractivity contribution is 6.30. The van der Waals surface area contributed by atoms with E-state index in [0.29, 0.717) is 23.3 Å². The summed E-state index contributed by atoms with van der Waals surface area (Å²) in [5, 5.41) is 8.08. The van der Waals surface area contributed by atoms with Gasteiger partial charge in [0.25, 0.3) is 0 Å². The topological polar surface area (TPSA) is 54.2 Å². The van der Waals surface area contributed by atoms with E-state index in [1.165, 1.54) is 0 Å². The Labute approximate surface area is 122 Å². The molecule has 2 aromatic rings. The number of benzene rings is 1. The van der Waals surface area contributed by atoms with Crippen molar-refractivity contribution in [2.75, 3.05) is 26.2 Å². The molecule has 20 heavy (non-hydrogen) atoms. The normalized spacial score (nSPS) is 17.1. The van der Waals surface area contributed by atoms with E-state index in [4.69, 9.17) is 16.1 Å². The Bertz CT molecular complexity index is 564. The molecule has 1 saturated heterocycles. The predicted molar refractivity (Wildman–Crippen MR) is 77.5 cm³/mol. The van der Waals surface area contributed by atoms with Crippen LogP contribution in [0.3, 0.4) is 0 Å². The van der Waals surface area contributed by atoms with Crippen LogP contribution in [0.2, 0.25) is 5.02 Å². The molecule has 1 aliphatic rings. The SMILES string of the molecule is Clc1cccc(-c2noc(CN3CCCNCC3)n2)c1. The molecule has 1 aromatic carbocycles. The van der Waals surface area contributed by atoms with Crippen molar-refractivity contribution in [2.45, 2.75) is 13.0 Å². The molecule has 0 saturated carbocycles. The van der Waals surface area contributed by atoms with Crippen LogP contribution in [0, 0.1) is 0 Å². The third-order valence-electron chi connectivity index (χ3n) is 3.34. The van der Waals surface area contributed by atoms with Crippen molar-refractivity contribution in [2.24, 2.45) is 0 Å². The molecule has 6 heteroatoms. The molecule has 0 spiro atoms. The summed E-state index contributed by atoms with van der Waals surface area (Å²) < 4.78 is 5.34. The molecule has 1 N–H and O–H groups in total. The van der Waals surface area contributed by atoms with Crippen molar-refractivity contribution >= 4 is 11.6 Å². The molecule has 0 radical (unpaired) electrons. The lowest BCUT2D eigenvalue weighted by molar-refractivity contribution is 0.239. The van der Waals surface area contributed by atoms with Crippen molar-refractivity contribution in [1.82, 2.24) is 20.4 Å². The number of aromatic nitrogens is 2. The van der Waals surface area contributed by atoms with Gasteiger partial charge in [0, 0.05) is 23.7 Å². The Morgan fingerprint density at radius 3 is 3.15 bits per heavy atom. The standard InChI is InChI=1S/C14H17ClN4O/c15-12-4-1-3-11(9-12)14-17-13(20-18-14)10-19-7-2-5-16-6-8-19/h1,3-4,9,16H,2,5-8,10H2. The van der Waals surface area contributed by atoms with Gasteiger partial charge >= 0.3 is 0 Å². The highest BCUT2D eigenvalue weighted by Gasteiger charge is 2.14. The van der Waals surface area contributed by atoms with Crippen LogP contribution in [0.25, 0.3) is 11.4 Å². The second-order valence-electron chi connectivity index (χ2n) is 4.90. The molecule has 0 unspecified atom stereocenters. The van der Waals surface area contributed by atoms with E-state index < -0.39 is 0 Å². The van der Waals surface area contributed by atoms with Gasteiger partial charge in [0.2, 0.25) is 11.7 Å². The summed E-state index contributed by atoms with van der Waals surface area (Å²) in [6.07, 6.45) is 1.15.